The molecule has 1 amide bonds. The topological polar surface area (TPSA) is 71.1 Å². The molecule has 0 aromatic carbocycles. The highest BCUT2D eigenvalue weighted by Gasteiger charge is 2.39. The summed E-state index contributed by atoms with van der Waals surface area (Å²) in [7, 11) is 0. The van der Waals surface area contributed by atoms with E-state index >= 15 is 0 Å². The SMILES string of the molecule is CC(=O)N1CCC[C@@H]1[C@H]1CCCN1C[C@@H](C#N)CCC#N. The van der Waals surface area contributed by atoms with Gasteiger partial charge in [-0.25, -0.2) is 0 Å². The highest BCUT2D eigenvalue weighted by atomic mass is 16.2. The van der Waals surface area contributed by atoms with Crippen LogP contribution in [-0.2, 0) is 4.79 Å². The van der Waals surface area contributed by atoms with Crippen LogP contribution < -0.4 is 0 Å². The van der Waals surface area contributed by atoms with Gasteiger partial charge < -0.3 is 4.90 Å². The molecule has 0 saturated carbocycles. The predicted octanol–water partition coefficient (Wildman–Crippen LogP) is 1.91. The van der Waals surface area contributed by atoms with Crippen molar-refractivity contribution in [2.24, 2.45) is 5.92 Å². The van der Waals surface area contributed by atoms with Gasteiger partial charge in [-0.2, -0.15) is 10.5 Å². The average molecular weight is 288 g/mol. The van der Waals surface area contributed by atoms with Crippen LogP contribution in [0.25, 0.3) is 0 Å². The first-order chi connectivity index (χ1) is 10.2. The van der Waals surface area contributed by atoms with Crippen molar-refractivity contribution in [3.63, 3.8) is 0 Å². The van der Waals surface area contributed by atoms with E-state index < -0.39 is 0 Å². The molecule has 21 heavy (non-hydrogen) atoms. The summed E-state index contributed by atoms with van der Waals surface area (Å²) in [5.74, 6) is 0.100. The van der Waals surface area contributed by atoms with Gasteiger partial charge in [0.15, 0.2) is 0 Å². The molecule has 2 saturated heterocycles. The van der Waals surface area contributed by atoms with Crippen molar-refractivity contribution in [2.75, 3.05) is 19.6 Å². The lowest BCUT2D eigenvalue weighted by atomic mass is 10.00. The first-order valence-corrected chi connectivity index (χ1v) is 7.95. The number of carbonyl (C=O) groups excluding carboxylic acids is 1. The van der Waals surface area contributed by atoms with Crippen molar-refractivity contribution < 1.29 is 4.79 Å². The molecule has 2 heterocycles. The van der Waals surface area contributed by atoms with Gasteiger partial charge in [0.2, 0.25) is 5.91 Å². The van der Waals surface area contributed by atoms with Gasteiger partial charge in [0.1, 0.15) is 0 Å². The quantitative estimate of drug-likeness (QED) is 0.774. The molecule has 0 unspecified atom stereocenters. The Morgan fingerprint density at radius 2 is 1.95 bits per heavy atom. The maximum atomic E-state index is 11.8. The lowest BCUT2D eigenvalue weighted by molar-refractivity contribution is -0.130. The molecule has 2 fully saturated rings. The third kappa shape index (κ3) is 3.74. The van der Waals surface area contributed by atoms with Gasteiger partial charge in [0.25, 0.3) is 0 Å². The van der Waals surface area contributed by atoms with Crippen molar-refractivity contribution in [1.82, 2.24) is 9.80 Å². The molecule has 3 atom stereocenters. The number of likely N-dealkylation sites (tertiary alicyclic amines) is 2. The maximum absolute atomic E-state index is 11.8. The van der Waals surface area contributed by atoms with Crippen molar-refractivity contribution in [1.29, 1.82) is 10.5 Å². The first kappa shape index (κ1) is 15.8. The van der Waals surface area contributed by atoms with Crippen LogP contribution in [0, 0.1) is 28.6 Å². The fourth-order valence-corrected chi connectivity index (χ4v) is 3.82. The molecule has 2 aliphatic rings. The number of hydrogen-bond acceptors (Lipinski definition) is 4. The zero-order chi connectivity index (χ0) is 15.2. The van der Waals surface area contributed by atoms with Crippen molar-refractivity contribution in [3.8, 4) is 12.1 Å². The number of nitriles is 2. The molecule has 114 valence electrons. The molecule has 2 rings (SSSR count). The van der Waals surface area contributed by atoms with E-state index in [0.717, 1.165) is 45.3 Å². The Hall–Kier alpha value is -1.59. The summed E-state index contributed by atoms with van der Waals surface area (Å²) < 4.78 is 0. The molecule has 0 radical (unpaired) electrons. The highest BCUT2D eigenvalue weighted by Crippen LogP contribution is 2.30. The molecular formula is C16H24N4O. The van der Waals surface area contributed by atoms with E-state index in [9.17, 15) is 10.1 Å². The zero-order valence-electron chi connectivity index (χ0n) is 12.8. The van der Waals surface area contributed by atoms with Gasteiger partial charge in [0, 0.05) is 38.5 Å². The third-order valence-electron chi connectivity index (χ3n) is 4.80. The van der Waals surface area contributed by atoms with Gasteiger partial charge in [-0.15, -0.1) is 0 Å². The number of nitrogens with zero attached hydrogens (tertiary/aromatic N) is 4. The fraction of sp³-hybridized carbons (Fsp3) is 0.812. The molecular weight excluding hydrogens is 264 g/mol. The standard InChI is InChI=1S/C16H24N4O/c1-13(21)20-10-4-7-16(20)15-6-3-9-19(15)12-14(11-18)5-2-8-17/h14-16H,2-7,9-10,12H2,1H3/t14-,15-,16-/m1/s1. The molecule has 5 heteroatoms. The summed E-state index contributed by atoms with van der Waals surface area (Å²) in [4.78, 5) is 16.2. The molecule has 0 spiro atoms. The largest absolute Gasteiger partial charge is 0.338 e. The monoisotopic (exact) mass is 288 g/mol. The Morgan fingerprint density at radius 3 is 2.62 bits per heavy atom. The predicted molar refractivity (Wildman–Crippen MR) is 79.0 cm³/mol. The van der Waals surface area contributed by atoms with E-state index in [1.807, 2.05) is 4.90 Å². The second kappa shape index (κ2) is 7.43. The molecule has 0 aromatic heterocycles. The van der Waals surface area contributed by atoms with E-state index in [1.165, 1.54) is 0 Å². The fourth-order valence-electron chi connectivity index (χ4n) is 3.82. The minimum atomic E-state index is -0.0718. The molecule has 0 N–H and O–H groups in total. The summed E-state index contributed by atoms with van der Waals surface area (Å²) in [6.45, 7) is 4.28. The van der Waals surface area contributed by atoms with Crippen molar-refractivity contribution in [2.45, 2.75) is 57.5 Å². The number of rotatable bonds is 5. The minimum absolute atomic E-state index is 0.0718. The Balaban J connectivity index is 1.98. The van der Waals surface area contributed by atoms with Crippen molar-refractivity contribution in [3.05, 3.63) is 0 Å². The number of carbonyl (C=O) groups is 1. The smallest absolute Gasteiger partial charge is 0.219 e. The molecule has 0 aromatic rings. The lowest BCUT2D eigenvalue weighted by Crippen LogP contribution is -2.48. The second-order valence-corrected chi connectivity index (χ2v) is 6.15. The normalized spacial score (nSPS) is 27.3. The van der Waals surface area contributed by atoms with E-state index in [0.29, 0.717) is 24.9 Å². The molecule has 0 aliphatic carbocycles. The summed E-state index contributed by atoms with van der Waals surface area (Å²) in [6, 6.07) is 5.18. The van der Waals surface area contributed by atoms with Gasteiger partial charge in [0.05, 0.1) is 18.1 Å². The van der Waals surface area contributed by atoms with Gasteiger partial charge >= 0.3 is 0 Å². The van der Waals surface area contributed by atoms with Crippen LogP contribution >= 0.6 is 0 Å². The Bertz CT molecular complexity index is 450. The van der Waals surface area contributed by atoms with Crippen LogP contribution in [0.15, 0.2) is 0 Å². The first-order valence-electron chi connectivity index (χ1n) is 7.95. The number of hydrogen-bond donors (Lipinski definition) is 0. The summed E-state index contributed by atoms with van der Waals surface area (Å²) in [5.41, 5.74) is 0. The lowest BCUT2D eigenvalue weighted by Gasteiger charge is -2.35. The Kier molecular flexibility index (Phi) is 5.59. The second-order valence-electron chi connectivity index (χ2n) is 6.15. The summed E-state index contributed by atoms with van der Waals surface area (Å²) in [6.07, 6.45) is 5.52. The van der Waals surface area contributed by atoms with Gasteiger partial charge in [-0.3, -0.25) is 9.69 Å². The van der Waals surface area contributed by atoms with Crippen LogP contribution in [0.3, 0.4) is 0 Å². The van der Waals surface area contributed by atoms with E-state index in [1.54, 1.807) is 6.92 Å². The van der Waals surface area contributed by atoms with Crippen LogP contribution in [-0.4, -0.2) is 47.4 Å². The third-order valence-corrected chi connectivity index (χ3v) is 4.80. The summed E-state index contributed by atoms with van der Waals surface area (Å²) in [5, 5.41) is 17.9. The van der Waals surface area contributed by atoms with E-state index in [-0.39, 0.29) is 11.8 Å². The average Bonchev–Trinajstić information content (AvgIpc) is 3.11. The van der Waals surface area contributed by atoms with Crippen LogP contribution in [0.1, 0.15) is 45.4 Å². The molecule has 5 nitrogen and oxygen atoms in total. The van der Waals surface area contributed by atoms with Gasteiger partial charge in [-0.1, -0.05) is 0 Å². The van der Waals surface area contributed by atoms with Crippen LogP contribution in [0.4, 0.5) is 0 Å². The maximum Gasteiger partial charge on any atom is 0.219 e. The summed E-state index contributed by atoms with van der Waals surface area (Å²) >= 11 is 0. The van der Waals surface area contributed by atoms with E-state index in [2.05, 4.69) is 17.0 Å². The van der Waals surface area contributed by atoms with Crippen molar-refractivity contribution >= 4 is 5.91 Å². The highest BCUT2D eigenvalue weighted by molar-refractivity contribution is 5.74. The Labute approximate surface area is 127 Å². The minimum Gasteiger partial charge on any atom is -0.338 e. The van der Waals surface area contributed by atoms with E-state index in [4.69, 9.17) is 5.26 Å². The number of amides is 1. The molecule has 0 bridgehead atoms. The van der Waals surface area contributed by atoms with Crippen LogP contribution in [0.5, 0.6) is 0 Å². The Morgan fingerprint density at radius 1 is 1.24 bits per heavy atom. The molecule has 2 aliphatic heterocycles. The zero-order valence-corrected chi connectivity index (χ0v) is 12.8. The van der Waals surface area contributed by atoms with Gasteiger partial charge in [-0.05, 0) is 38.6 Å². The van der Waals surface area contributed by atoms with Crippen LogP contribution in [0.2, 0.25) is 0 Å².